The van der Waals surface area contributed by atoms with E-state index in [4.69, 9.17) is 13.9 Å². The molecule has 0 spiro atoms. The minimum Gasteiger partial charge on any atom is -0.461 e. The lowest BCUT2D eigenvalue weighted by molar-refractivity contribution is 0.0519. The molecule has 1 aromatic heterocycles. The zero-order chi connectivity index (χ0) is 14.3. The van der Waals surface area contributed by atoms with E-state index in [1.54, 1.807) is 14.0 Å². The number of hydrogen-bond donors (Lipinski definition) is 0. The van der Waals surface area contributed by atoms with Gasteiger partial charge in [0.25, 0.3) is 6.01 Å². The van der Waals surface area contributed by atoms with Crippen LogP contribution in [-0.2, 0) is 9.47 Å². The Morgan fingerprint density at radius 1 is 1.53 bits per heavy atom. The Hall–Kier alpha value is -1.56. The van der Waals surface area contributed by atoms with E-state index in [0.29, 0.717) is 25.8 Å². The second kappa shape index (κ2) is 7.78. The first-order chi connectivity index (χ1) is 9.13. The third-order valence-electron chi connectivity index (χ3n) is 2.88. The van der Waals surface area contributed by atoms with Gasteiger partial charge in [0.05, 0.1) is 13.2 Å². The van der Waals surface area contributed by atoms with Gasteiger partial charge in [0.1, 0.15) is 6.26 Å². The van der Waals surface area contributed by atoms with Gasteiger partial charge in [-0.2, -0.15) is 4.98 Å². The number of oxazole rings is 1. The fourth-order valence-corrected chi connectivity index (χ4v) is 1.61. The highest BCUT2D eigenvalue weighted by Gasteiger charge is 2.20. The number of methoxy groups -OCH3 is 1. The van der Waals surface area contributed by atoms with Gasteiger partial charge in [-0.25, -0.2) is 4.79 Å². The summed E-state index contributed by atoms with van der Waals surface area (Å²) >= 11 is 0. The normalized spacial score (nSPS) is 12.2. The van der Waals surface area contributed by atoms with Gasteiger partial charge in [-0.1, -0.05) is 6.92 Å². The Bertz CT molecular complexity index is 392. The van der Waals surface area contributed by atoms with Crippen molar-refractivity contribution in [2.24, 2.45) is 0 Å². The maximum absolute atomic E-state index is 11.5. The standard InChI is InChI=1S/C13H22N2O4/c1-5-10(3)15(7-8-17-4)13-14-11(9-19-13)12(16)18-6-2/h9-10H,5-8H2,1-4H3. The van der Waals surface area contributed by atoms with Crippen molar-refractivity contribution in [2.75, 3.05) is 31.8 Å². The van der Waals surface area contributed by atoms with Crippen molar-refractivity contribution in [1.29, 1.82) is 0 Å². The quantitative estimate of drug-likeness (QED) is 0.674. The summed E-state index contributed by atoms with van der Waals surface area (Å²) in [7, 11) is 1.65. The molecule has 0 N–H and O–H groups in total. The van der Waals surface area contributed by atoms with Crippen molar-refractivity contribution in [1.82, 2.24) is 4.98 Å². The summed E-state index contributed by atoms with van der Waals surface area (Å²) in [6.45, 7) is 7.46. The van der Waals surface area contributed by atoms with Crippen LogP contribution < -0.4 is 4.90 Å². The number of ether oxygens (including phenoxy) is 2. The zero-order valence-corrected chi connectivity index (χ0v) is 12.0. The van der Waals surface area contributed by atoms with Gasteiger partial charge < -0.3 is 18.8 Å². The van der Waals surface area contributed by atoms with E-state index in [1.165, 1.54) is 6.26 Å². The van der Waals surface area contributed by atoms with Crippen LogP contribution in [0.15, 0.2) is 10.7 Å². The van der Waals surface area contributed by atoms with Crippen LogP contribution >= 0.6 is 0 Å². The summed E-state index contributed by atoms with van der Waals surface area (Å²) in [6.07, 6.45) is 2.27. The van der Waals surface area contributed by atoms with E-state index >= 15 is 0 Å². The van der Waals surface area contributed by atoms with Crippen LogP contribution in [0.5, 0.6) is 0 Å². The molecule has 1 aromatic rings. The molecule has 0 radical (unpaired) electrons. The molecule has 0 saturated heterocycles. The number of hydrogen-bond acceptors (Lipinski definition) is 6. The molecule has 1 rings (SSSR count). The molecule has 6 heteroatoms. The number of nitrogens with zero attached hydrogens (tertiary/aromatic N) is 2. The molecule has 108 valence electrons. The van der Waals surface area contributed by atoms with Crippen LogP contribution in [0.3, 0.4) is 0 Å². The molecule has 1 unspecified atom stereocenters. The van der Waals surface area contributed by atoms with Crippen molar-refractivity contribution >= 4 is 12.0 Å². The van der Waals surface area contributed by atoms with Crippen molar-refractivity contribution in [2.45, 2.75) is 33.2 Å². The Labute approximate surface area is 113 Å². The van der Waals surface area contributed by atoms with Crippen LogP contribution in [0.25, 0.3) is 0 Å². The van der Waals surface area contributed by atoms with Crippen molar-refractivity contribution in [3.8, 4) is 0 Å². The van der Waals surface area contributed by atoms with Crippen LogP contribution in [0.2, 0.25) is 0 Å². The van der Waals surface area contributed by atoms with Gasteiger partial charge >= 0.3 is 5.97 Å². The van der Waals surface area contributed by atoms with Crippen molar-refractivity contribution in [3.63, 3.8) is 0 Å². The molecule has 0 bridgehead atoms. The van der Waals surface area contributed by atoms with Crippen LogP contribution in [0.4, 0.5) is 6.01 Å². The summed E-state index contributed by atoms with van der Waals surface area (Å²) < 4.78 is 15.3. The molecule has 0 amide bonds. The molecule has 0 fully saturated rings. The largest absolute Gasteiger partial charge is 0.461 e. The first-order valence-electron chi connectivity index (χ1n) is 6.52. The number of esters is 1. The van der Waals surface area contributed by atoms with E-state index in [1.807, 2.05) is 4.90 Å². The number of carbonyl (C=O) groups excluding carboxylic acids is 1. The predicted octanol–water partition coefficient (Wildman–Crippen LogP) is 2.10. The smallest absolute Gasteiger partial charge is 0.360 e. The molecular formula is C13H22N2O4. The first kappa shape index (κ1) is 15.5. The van der Waals surface area contributed by atoms with Crippen LogP contribution in [0, 0.1) is 0 Å². The summed E-state index contributed by atoms with van der Waals surface area (Å²) in [5.41, 5.74) is 0.197. The molecule has 6 nitrogen and oxygen atoms in total. The van der Waals surface area contributed by atoms with Crippen molar-refractivity contribution < 1.29 is 18.7 Å². The Morgan fingerprint density at radius 2 is 2.26 bits per heavy atom. The summed E-state index contributed by atoms with van der Waals surface area (Å²) in [5, 5.41) is 0. The average Bonchev–Trinajstić information content (AvgIpc) is 2.88. The number of aromatic nitrogens is 1. The van der Waals surface area contributed by atoms with Gasteiger partial charge in [0.2, 0.25) is 0 Å². The monoisotopic (exact) mass is 270 g/mol. The minimum atomic E-state index is -0.464. The van der Waals surface area contributed by atoms with E-state index < -0.39 is 5.97 Å². The molecular weight excluding hydrogens is 248 g/mol. The fourth-order valence-electron chi connectivity index (χ4n) is 1.61. The third kappa shape index (κ3) is 4.24. The lowest BCUT2D eigenvalue weighted by Crippen LogP contribution is -2.35. The molecule has 0 aliphatic heterocycles. The van der Waals surface area contributed by atoms with Crippen LogP contribution in [0.1, 0.15) is 37.7 Å². The number of rotatable bonds is 8. The van der Waals surface area contributed by atoms with E-state index in [0.717, 1.165) is 6.42 Å². The molecule has 0 aliphatic rings. The van der Waals surface area contributed by atoms with E-state index in [2.05, 4.69) is 18.8 Å². The summed E-state index contributed by atoms with van der Waals surface area (Å²) in [6, 6.07) is 0.679. The molecule has 1 heterocycles. The highest BCUT2D eigenvalue weighted by molar-refractivity contribution is 5.87. The van der Waals surface area contributed by atoms with E-state index in [-0.39, 0.29) is 11.7 Å². The highest BCUT2D eigenvalue weighted by atomic mass is 16.5. The number of anilines is 1. The maximum Gasteiger partial charge on any atom is 0.360 e. The SMILES string of the molecule is CCOC(=O)c1coc(N(CCOC)C(C)CC)n1. The maximum atomic E-state index is 11.5. The minimum absolute atomic E-state index is 0.197. The lowest BCUT2D eigenvalue weighted by atomic mass is 10.2. The third-order valence-corrected chi connectivity index (χ3v) is 2.88. The second-order valence-electron chi connectivity index (χ2n) is 4.18. The van der Waals surface area contributed by atoms with Gasteiger partial charge in [0.15, 0.2) is 5.69 Å². The van der Waals surface area contributed by atoms with Crippen LogP contribution in [-0.4, -0.2) is 43.9 Å². The molecule has 0 aliphatic carbocycles. The summed E-state index contributed by atoms with van der Waals surface area (Å²) in [5.74, 6) is -0.464. The summed E-state index contributed by atoms with van der Waals surface area (Å²) in [4.78, 5) is 17.7. The topological polar surface area (TPSA) is 64.8 Å². The molecule has 0 saturated carbocycles. The lowest BCUT2D eigenvalue weighted by Gasteiger charge is -2.26. The average molecular weight is 270 g/mol. The molecule has 19 heavy (non-hydrogen) atoms. The first-order valence-corrected chi connectivity index (χ1v) is 6.52. The Kier molecular flexibility index (Phi) is 6.35. The van der Waals surface area contributed by atoms with Gasteiger partial charge in [0, 0.05) is 19.7 Å². The Balaban J connectivity index is 2.81. The van der Waals surface area contributed by atoms with Gasteiger partial charge in [-0.15, -0.1) is 0 Å². The van der Waals surface area contributed by atoms with Gasteiger partial charge in [-0.05, 0) is 20.3 Å². The zero-order valence-electron chi connectivity index (χ0n) is 12.0. The van der Waals surface area contributed by atoms with E-state index in [9.17, 15) is 4.79 Å². The Morgan fingerprint density at radius 3 is 2.84 bits per heavy atom. The predicted molar refractivity (Wildman–Crippen MR) is 71.4 cm³/mol. The molecule has 1 atom stereocenters. The second-order valence-corrected chi connectivity index (χ2v) is 4.18. The van der Waals surface area contributed by atoms with Crippen molar-refractivity contribution in [3.05, 3.63) is 12.0 Å². The fraction of sp³-hybridized carbons (Fsp3) is 0.692. The molecule has 0 aromatic carbocycles. The van der Waals surface area contributed by atoms with Gasteiger partial charge in [-0.3, -0.25) is 0 Å². The number of carbonyl (C=O) groups is 1. The highest BCUT2D eigenvalue weighted by Crippen LogP contribution is 2.18.